The maximum absolute atomic E-state index is 13.6. The molecule has 31 heavy (non-hydrogen) atoms. The number of rotatable bonds is 8. The molecule has 3 aromatic carbocycles. The van der Waals surface area contributed by atoms with E-state index >= 15 is 0 Å². The molecule has 0 fully saturated rings. The van der Waals surface area contributed by atoms with Gasteiger partial charge < -0.3 is 9.64 Å². The molecule has 1 amide bonds. The summed E-state index contributed by atoms with van der Waals surface area (Å²) in [4.78, 5) is 14.1. The predicted molar refractivity (Wildman–Crippen MR) is 117 cm³/mol. The van der Waals surface area contributed by atoms with Gasteiger partial charge in [0.05, 0.1) is 17.1 Å². The molecular formula is C23H23FN2O4S. The van der Waals surface area contributed by atoms with Crippen molar-refractivity contribution < 1.29 is 22.3 Å². The Kier molecular flexibility index (Phi) is 6.91. The van der Waals surface area contributed by atoms with Gasteiger partial charge in [0.1, 0.15) is 6.61 Å². The van der Waals surface area contributed by atoms with E-state index in [1.807, 2.05) is 19.1 Å². The first-order valence-electron chi connectivity index (χ1n) is 9.59. The quantitative estimate of drug-likeness (QED) is 0.570. The van der Waals surface area contributed by atoms with Crippen molar-refractivity contribution in [3.8, 4) is 5.75 Å². The van der Waals surface area contributed by atoms with Crippen LogP contribution in [0.5, 0.6) is 5.75 Å². The van der Waals surface area contributed by atoms with Crippen LogP contribution in [0.4, 0.5) is 10.1 Å². The van der Waals surface area contributed by atoms with Crippen molar-refractivity contribution in [2.24, 2.45) is 0 Å². The maximum Gasteiger partial charge on any atom is 0.261 e. The van der Waals surface area contributed by atoms with E-state index < -0.39 is 15.8 Å². The van der Waals surface area contributed by atoms with Gasteiger partial charge in [-0.25, -0.2) is 12.8 Å². The molecule has 0 aliphatic heterocycles. The van der Waals surface area contributed by atoms with Crippen molar-refractivity contribution in [3.05, 3.63) is 89.7 Å². The Hall–Kier alpha value is -3.39. The molecule has 0 saturated heterocycles. The maximum atomic E-state index is 13.6. The number of carbonyl (C=O) groups is 1. The van der Waals surface area contributed by atoms with E-state index in [1.54, 1.807) is 31.3 Å². The number of hydrogen-bond acceptors (Lipinski definition) is 4. The summed E-state index contributed by atoms with van der Waals surface area (Å²) < 4.78 is 46.7. The average Bonchev–Trinajstić information content (AvgIpc) is 2.76. The van der Waals surface area contributed by atoms with Crippen molar-refractivity contribution in [2.45, 2.75) is 11.8 Å². The first-order chi connectivity index (χ1) is 14.8. The van der Waals surface area contributed by atoms with Crippen LogP contribution in [-0.2, 0) is 10.0 Å². The topological polar surface area (TPSA) is 75.7 Å². The number of anilines is 1. The SMILES string of the molecule is Cc1ccccc1NS(=O)(=O)c1ccc(C(=O)N(C)CCOc2ccccc2F)cc1. The zero-order chi connectivity index (χ0) is 22.4. The number of ether oxygens (including phenoxy) is 1. The second-order valence-electron chi connectivity index (χ2n) is 6.95. The molecule has 0 bridgehead atoms. The number of halogens is 1. The van der Waals surface area contributed by atoms with Crippen LogP contribution in [0.2, 0.25) is 0 Å². The zero-order valence-electron chi connectivity index (χ0n) is 17.2. The van der Waals surface area contributed by atoms with E-state index in [0.29, 0.717) is 11.3 Å². The number of aryl methyl sites for hydroxylation is 1. The fourth-order valence-corrected chi connectivity index (χ4v) is 3.97. The van der Waals surface area contributed by atoms with Gasteiger partial charge >= 0.3 is 0 Å². The van der Waals surface area contributed by atoms with Crippen molar-refractivity contribution in [1.29, 1.82) is 0 Å². The molecule has 0 unspecified atom stereocenters. The number of nitrogens with zero attached hydrogens (tertiary/aromatic N) is 1. The molecule has 0 heterocycles. The Balaban J connectivity index is 1.61. The summed E-state index contributed by atoms with van der Waals surface area (Å²) in [5.41, 5.74) is 1.64. The highest BCUT2D eigenvalue weighted by Gasteiger charge is 2.17. The van der Waals surface area contributed by atoms with Gasteiger partial charge in [-0.15, -0.1) is 0 Å². The molecule has 162 valence electrons. The fraction of sp³-hybridized carbons (Fsp3) is 0.174. The first-order valence-corrected chi connectivity index (χ1v) is 11.1. The Morgan fingerprint density at radius 1 is 1.00 bits per heavy atom. The Morgan fingerprint density at radius 2 is 1.65 bits per heavy atom. The molecule has 0 saturated carbocycles. The van der Waals surface area contributed by atoms with Crippen LogP contribution in [0, 0.1) is 12.7 Å². The summed E-state index contributed by atoms with van der Waals surface area (Å²) >= 11 is 0. The summed E-state index contributed by atoms with van der Waals surface area (Å²) in [6.07, 6.45) is 0. The molecule has 3 aromatic rings. The van der Waals surface area contributed by atoms with Gasteiger partial charge in [0.2, 0.25) is 0 Å². The third-order valence-corrected chi connectivity index (χ3v) is 6.05. The Morgan fingerprint density at radius 3 is 2.32 bits per heavy atom. The molecule has 0 radical (unpaired) electrons. The van der Waals surface area contributed by atoms with E-state index in [4.69, 9.17) is 4.74 Å². The minimum atomic E-state index is -3.78. The van der Waals surface area contributed by atoms with Crippen molar-refractivity contribution in [2.75, 3.05) is 24.9 Å². The highest BCUT2D eigenvalue weighted by Crippen LogP contribution is 2.20. The van der Waals surface area contributed by atoms with E-state index in [2.05, 4.69) is 4.72 Å². The van der Waals surface area contributed by atoms with Crippen LogP contribution in [0.25, 0.3) is 0 Å². The minimum absolute atomic E-state index is 0.0536. The summed E-state index contributed by atoms with van der Waals surface area (Å²) in [5, 5.41) is 0. The van der Waals surface area contributed by atoms with Crippen LogP contribution in [-0.4, -0.2) is 39.4 Å². The van der Waals surface area contributed by atoms with E-state index in [9.17, 15) is 17.6 Å². The monoisotopic (exact) mass is 442 g/mol. The molecule has 8 heteroatoms. The summed E-state index contributed by atoms with van der Waals surface area (Å²) in [6, 6.07) is 18.8. The summed E-state index contributed by atoms with van der Waals surface area (Å²) in [5.74, 6) is -0.639. The lowest BCUT2D eigenvalue weighted by Gasteiger charge is -2.18. The number of likely N-dealkylation sites (N-methyl/N-ethyl adjacent to an activating group) is 1. The van der Waals surface area contributed by atoms with Crippen molar-refractivity contribution >= 4 is 21.6 Å². The van der Waals surface area contributed by atoms with Gasteiger partial charge in [0.15, 0.2) is 11.6 Å². The highest BCUT2D eigenvalue weighted by molar-refractivity contribution is 7.92. The van der Waals surface area contributed by atoms with E-state index in [-0.39, 0.29) is 29.7 Å². The van der Waals surface area contributed by atoms with Crippen molar-refractivity contribution in [1.82, 2.24) is 4.90 Å². The van der Waals surface area contributed by atoms with Crippen LogP contribution >= 0.6 is 0 Å². The highest BCUT2D eigenvalue weighted by atomic mass is 32.2. The number of hydrogen-bond donors (Lipinski definition) is 1. The number of nitrogens with one attached hydrogen (secondary N) is 1. The van der Waals surface area contributed by atoms with Crippen LogP contribution in [0.15, 0.2) is 77.7 Å². The van der Waals surface area contributed by atoms with Gasteiger partial charge in [0.25, 0.3) is 15.9 Å². The molecule has 1 N–H and O–H groups in total. The molecule has 0 spiro atoms. The number of para-hydroxylation sites is 2. The summed E-state index contributed by atoms with van der Waals surface area (Å²) in [7, 11) is -2.18. The third kappa shape index (κ3) is 5.61. The predicted octanol–water partition coefficient (Wildman–Crippen LogP) is 4.09. The van der Waals surface area contributed by atoms with Gasteiger partial charge in [-0.05, 0) is 55.0 Å². The van der Waals surface area contributed by atoms with Crippen LogP contribution in [0.1, 0.15) is 15.9 Å². The van der Waals surface area contributed by atoms with Crippen LogP contribution < -0.4 is 9.46 Å². The molecule has 0 aliphatic rings. The van der Waals surface area contributed by atoms with E-state index in [1.165, 1.54) is 41.3 Å². The Bertz CT molecular complexity index is 1160. The molecule has 3 rings (SSSR count). The van der Waals surface area contributed by atoms with Gasteiger partial charge in [-0.2, -0.15) is 0 Å². The van der Waals surface area contributed by atoms with Crippen LogP contribution in [0.3, 0.4) is 0 Å². The first kappa shape index (κ1) is 22.3. The second kappa shape index (κ2) is 9.61. The zero-order valence-corrected chi connectivity index (χ0v) is 18.0. The lowest BCUT2D eigenvalue weighted by Crippen LogP contribution is -2.31. The largest absolute Gasteiger partial charge is 0.489 e. The lowest BCUT2D eigenvalue weighted by atomic mass is 10.2. The number of sulfonamides is 1. The van der Waals surface area contributed by atoms with Gasteiger partial charge in [0, 0.05) is 12.6 Å². The van der Waals surface area contributed by atoms with E-state index in [0.717, 1.165) is 5.56 Å². The number of benzene rings is 3. The molecule has 0 atom stereocenters. The minimum Gasteiger partial charge on any atom is -0.489 e. The average molecular weight is 443 g/mol. The number of carbonyl (C=O) groups excluding carboxylic acids is 1. The fourth-order valence-electron chi connectivity index (χ4n) is 2.84. The molecule has 6 nitrogen and oxygen atoms in total. The lowest BCUT2D eigenvalue weighted by molar-refractivity contribution is 0.0773. The smallest absolute Gasteiger partial charge is 0.261 e. The third-order valence-electron chi connectivity index (χ3n) is 4.67. The molecule has 0 aromatic heterocycles. The Labute approximate surface area is 181 Å². The van der Waals surface area contributed by atoms with Crippen molar-refractivity contribution in [3.63, 3.8) is 0 Å². The number of amides is 1. The molecular weight excluding hydrogens is 419 g/mol. The second-order valence-corrected chi connectivity index (χ2v) is 8.63. The summed E-state index contributed by atoms with van der Waals surface area (Å²) in [6.45, 7) is 2.17. The van der Waals surface area contributed by atoms with Gasteiger partial charge in [-0.1, -0.05) is 30.3 Å². The molecule has 0 aliphatic carbocycles. The van der Waals surface area contributed by atoms with Gasteiger partial charge in [-0.3, -0.25) is 9.52 Å². The standard InChI is InChI=1S/C23H23FN2O4S/c1-17-7-3-5-9-21(17)25-31(28,29)19-13-11-18(12-14-19)23(27)26(2)15-16-30-22-10-6-4-8-20(22)24/h3-14,25H,15-16H2,1-2H3. The normalized spacial score (nSPS) is 11.1.